The Hall–Kier alpha value is -2.18. The van der Waals surface area contributed by atoms with Crippen molar-refractivity contribution in [2.24, 2.45) is 4.40 Å². The largest absolute Gasteiger partial charge is 0.493 e. The molecule has 0 fully saturated rings. The standard InChI is InChI=1S/C22H29NO4S/c1-22(2,3)28(24)23-15-19-14-21(26-5)20(25-4)13-18(19)11-12-27-16-17-9-7-6-8-10-17/h6-10,13-15H,11-12,16H2,1-5H3/b23-15+. The zero-order valence-electron chi connectivity index (χ0n) is 17.2. The number of benzene rings is 2. The summed E-state index contributed by atoms with van der Waals surface area (Å²) < 4.78 is 32.7. The van der Waals surface area contributed by atoms with Crippen LogP contribution in [-0.2, 0) is 28.8 Å². The Morgan fingerprint density at radius 2 is 1.68 bits per heavy atom. The molecule has 0 aromatic heterocycles. The molecule has 0 saturated heterocycles. The van der Waals surface area contributed by atoms with E-state index in [1.165, 1.54) is 0 Å². The van der Waals surface area contributed by atoms with Crippen LogP contribution in [-0.4, -0.2) is 36.0 Å². The zero-order valence-corrected chi connectivity index (χ0v) is 18.0. The Balaban J connectivity index is 2.15. The van der Waals surface area contributed by atoms with Crippen molar-refractivity contribution in [1.82, 2.24) is 0 Å². The van der Waals surface area contributed by atoms with Crippen molar-refractivity contribution in [3.8, 4) is 11.5 Å². The van der Waals surface area contributed by atoms with Crippen LogP contribution in [0.5, 0.6) is 11.5 Å². The van der Waals surface area contributed by atoms with Gasteiger partial charge in [-0.15, -0.1) is 0 Å². The molecule has 5 nitrogen and oxygen atoms in total. The quantitative estimate of drug-likeness (QED) is 0.461. The predicted molar refractivity (Wildman–Crippen MR) is 115 cm³/mol. The maximum absolute atomic E-state index is 12.3. The van der Waals surface area contributed by atoms with Crippen LogP contribution < -0.4 is 9.47 Å². The predicted octanol–water partition coefficient (Wildman–Crippen LogP) is 4.34. The normalized spacial score (nSPS) is 12.9. The molecule has 0 aliphatic heterocycles. The van der Waals surface area contributed by atoms with Gasteiger partial charge in [0.05, 0.1) is 32.2 Å². The Bertz CT molecular complexity index is 813. The number of ether oxygens (including phenoxy) is 3. The summed E-state index contributed by atoms with van der Waals surface area (Å²) in [6.45, 7) is 6.80. The van der Waals surface area contributed by atoms with Crippen molar-refractivity contribution in [3.05, 3.63) is 59.2 Å². The third-order valence-electron chi connectivity index (χ3n) is 4.08. The fourth-order valence-electron chi connectivity index (χ4n) is 2.48. The lowest BCUT2D eigenvalue weighted by molar-refractivity contribution is 0.124. The Morgan fingerprint density at radius 1 is 1.04 bits per heavy atom. The Kier molecular flexibility index (Phi) is 8.20. The van der Waals surface area contributed by atoms with Crippen LogP contribution in [0.15, 0.2) is 46.9 Å². The van der Waals surface area contributed by atoms with Crippen LogP contribution in [0, 0.1) is 0 Å². The van der Waals surface area contributed by atoms with Gasteiger partial charge >= 0.3 is 0 Å². The van der Waals surface area contributed by atoms with E-state index >= 15 is 0 Å². The highest BCUT2D eigenvalue weighted by Gasteiger charge is 2.18. The first-order valence-corrected chi connectivity index (χ1v) is 10.3. The molecular weight excluding hydrogens is 374 g/mol. The van der Waals surface area contributed by atoms with Gasteiger partial charge in [0.1, 0.15) is 11.0 Å². The van der Waals surface area contributed by atoms with Crippen molar-refractivity contribution >= 4 is 17.2 Å². The number of hydrogen-bond donors (Lipinski definition) is 0. The molecule has 0 saturated carbocycles. The topological polar surface area (TPSA) is 57.1 Å². The molecule has 0 bridgehead atoms. The molecule has 0 spiro atoms. The molecule has 0 radical (unpaired) electrons. The maximum atomic E-state index is 12.3. The van der Waals surface area contributed by atoms with Crippen LogP contribution in [0.25, 0.3) is 0 Å². The number of rotatable bonds is 9. The van der Waals surface area contributed by atoms with E-state index in [0.29, 0.717) is 31.1 Å². The SMILES string of the molecule is COc1cc(/C=N/S(=O)C(C)(C)C)c(CCOCc2ccccc2)cc1OC. The summed E-state index contributed by atoms with van der Waals surface area (Å²) in [6, 6.07) is 13.8. The summed E-state index contributed by atoms with van der Waals surface area (Å²) >= 11 is 0. The Morgan fingerprint density at radius 3 is 2.29 bits per heavy atom. The van der Waals surface area contributed by atoms with E-state index in [2.05, 4.69) is 4.40 Å². The highest BCUT2D eigenvalue weighted by molar-refractivity contribution is 7.85. The summed E-state index contributed by atoms with van der Waals surface area (Å²) in [5, 5.41) is 0. The van der Waals surface area contributed by atoms with E-state index < -0.39 is 15.7 Å². The van der Waals surface area contributed by atoms with Crippen molar-refractivity contribution in [2.75, 3.05) is 20.8 Å². The fourth-order valence-corrected chi connectivity index (χ4v) is 3.01. The summed E-state index contributed by atoms with van der Waals surface area (Å²) in [7, 11) is 1.87. The molecule has 1 unspecified atom stereocenters. The first-order chi connectivity index (χ1) is 13.3. The van der Waals surface area contributed by atoms with E-state index in [1.807, 2.05) is 63.2 Å². The molecule has 0 heterocycles. The number of nitrogens with zero attached hydrogens (tertiary/aromatic N) is 1. The highest BCUT2D eigenvalue weighted by Crippen LogP contribution is 2.30. The van der Waals surface area contributed by atoms with Crippen LogP contribution in [0.4, 0.5) is 0 Å². The second-order valence-corrected chi connectivity index (χ2v) is 9.22. The molecular formula is C22H29NO4S. The average molecular weight is 404 g/mol. The van der Waals surface area contributed by atoms with E-state index in [0.717, 1.165) is 16.7 Å². The van der Waals surface area contributed by atoms with Gasteiger partial charge in [-0.05, 0) is 50.5 Å². The highest BCUT2D eigenvalue weighted by atomic mass is 32.2. The van der Waals surface area contributed by atoms with Crippen LogP contribution in [0.1, 0.15) is 37.5 Å². The average Bonchev–Trinajstić information content (AvgIpc) is 2.69. The molecule has 1 atom stereocenters. The summed E-state index contributed by atoms with van der Waals surface area (Å²) in [5.74, 6) is 1.26. The van der Waals surface area contributed by atoms with Crippen LogP contribution >= 0.6 is 0 Å². The van der Waals surface area contributed by atoms with Gasteiger partial charge in [-0.1, -0.05) is 30.3 Å². The van der Waals surface area contributed by atoms with Gasteiger partial charge < -0.3 is 14.2 Å². The summed E-state index contributed by atoms with van der Waals surface area (Å²) in [4.78, 5) is 0. The van der Waals surface area contributed by atoms with E-state index in [1.54, 1.807) is 20.4 Å². The molecule has 28 heavy (non-hydrogen) atoms. The van der Waals surface area contributed by atoms with Gasteiger partial charge in [0.25, 0.3) is 0 Å². The zero-order chi connectivity index (χ0) is 20.6. The minimum atomic E-state index is -1.33. The fraction of sp³-hybridized carbons (Fsp3) is 0.409. The molecule has 152 valence electrons. The lowest BCUT2D eigenvalue weighted by Gasteiger charge is -2.15. The molecule has 0 amide bonds. The van der Waals surface area contributed by atoms with Gasteiger partial charge in [0.2, 0.25) is 0 Å². The van der Waals surface area contributed by atoms with E-state index in [9.17, 15) is 4.21 Å². The van der Waals surface area contributed by atoms with Crippen molar-refractivity contribution in [3.63, 3.8) is 0 Å². The van der Waals surface area contributed by atoms with Gasteiger partial charge in [0, 0.05) is 11.8 Å². The molecule has 0 N–H and O–H groups in total. The minimum absolute atomic E-state index is 0.411. The molecule has 0 aliphatic rings. The molecule has 6 heteroatoms. The van der Waals surface area contributed by atoms with Crippen molar-refractivity contribution < 1.29 is 18.4 Å². The summed E-state index contributed by atoms with van der Waals surface area (Å²) in [5.41, 5.74) is 2.98. The lowest BCUT2D eigenvalue weighted by Crippen LogP contribution is -2.19. The minimum Gasteiger partial charge on any atom is -0.493 e. The lowest BCUT2D eigenvalue weighted by atomic mass is 10.0. The monoisotopic (exact) mass is 403 g/mol. The van der Waals surface area contributed by atoms with Crippen LogP contribution in [0.3, 0.4) is 0 Å². The van der Waals surface area contributed by atoms with Crippen molar-refractivity contribution in [1.29, 1.82) is 0 Å². The first kappa shape index (κ1) is 22.1. The van der Waals surface area contributed by atoms with Gasteiger partial charge in [0.15, 0.2) is 11.5 Å². The Labute approximate surface area is 170 Å². The molecule has 2 rings (SSSR count). The number of hydrogen-bond acceptors (Lipinski definition) is 4. The second-order valence-electron chi connectivity index (χ2n) is 7.29. The molecule has 2 aromatic rings. The van der Waals surface area contributed by atoms with Gasteiger partial charge in [-0.25, -0.2) is 4.21 Å². The maximum Gasteiger partial charge on any atom is 0.161 e. The van der Waals surface area contributed by atoms with Crippen molar-refractivity contribution in [2.45, 2.75) is 38.5 Å². The third-order valence-corrected chi connectivity index (χ3v) is 5.43. The molecule has 2 aromatic carbocycles. The molecule has 0 aliphatic carbocycles. The second kappa shape index (κ2) is 10.4. The van der Waals surface area contributed by atoms with E-state index in [-0.39, 0.29) is 0 Å². The van der Waals surface area contributed by atoms with Gasteiger partial charge in [-0.2, -0.15) is 4.40 Å². The van der Waals surface area contributed by atoms with E-state index in [4.69, 9.17) is 14.2 Å². The summed E-state index contributed by atoms with van der Waals surface area (Å²) in [6.07, 6.45) is 2.33. The van der Waals surface area contributed by atoms with Crippen LogP contribution in [0.2, 0.25) is 0 Å². The first-order valence-electron chi connectivity index (χ1n) is 9.17. The smallest absolute Gasteiger partial charge is 0.161 e. The van der Waals surface area contributed by atoms with Gasteiger partial charge in [-0.3, -0.25) is 0 Å². The third kappa shape index (κ3) is 6.46. The number of methoxy groups -OCH3 is 2.